The minimum absolute atomic E-state index is 0.0528. The van der Waals surface area contributed by atoms with Crippen molar-refractivity contribution in [3.63, 3.8) is 0 Å². The molecule has 0 saturated heterocycles. The molecule has 4 aromatic rings. The number of benzene rings is 2. The van der Waals surface area contributed by atoms with Gasteiger partial charge in [-0.2, -0.15) is 5.10 Å². The van der Waals surface area contributed by atoms with Gasteiger partial charge in [-0.3, -0.25) is 4.79 Å². The molecule has 5 rings (SSSR count). The zero-order valence-electron chi connectivity index (χ0n) is 18.6. The van der Waals surface area contributed by atoms with Crippen molar-refractivity contribution in [2.24, 2.45) is 0 Å². The number of hydrogen-bond donors (Lipinski definition) is 0. The first-order valence-electron chi connectivity index (χ1n) is 10.6. The van der Waals surface area contributed by atoms with Crippen molar-refractivity contribution in [2.45, 2.75) is 26.3 Å². The van der Waals surface area contributed by atoms with Gasteiger partial charge < -0.3 is 14.4 Å². The number of amides is 1. The Morgan fingerprint density at radius 1 is 1.09 bits per heavy atom. The van der Waals surface area contributed by atoms with Gasteiger partial charge in [0.1, 0.15) is 4.83 Å². The number of methoxy groups -OCH3 is 2. The second-order valence-corrected chi connectivity index (χ2v) is 9.02. The normalized spacial score (nSPS) is 15.6. The second kappa shape index (κ2) is 7.98. The SMILES string of the molecule is COc1cc2c(cc1OC)[C@@H](C)N(C(=O)c1cc3c(C)nn(-c4ccccc4)c3s1)CC2. The number of ether oxygens (including phenoxy) is 2. The minimum atomic E-state index is -0.0528. The summed E-state index contributed by atoms with van der Waals surface area (Å²) in [5.41, 5.74) is 4.22. The summed E-state index contributed by atoms with van der Waals surface area (Å²) in [5, 5.41) is 5.72. The molecule has 0 spiro atoms. The van der Waals surface area contributed by atoms with Crippen LogP contribution in [0.3, 0.4) is 0 Å². The standard InChI is InChI=1S/C25H25N3O3S/c1-15-19-14-23(32-25(19)28(26-15)18-8-6-5-7-9-18)24(29)27-11-10-17-12-21(30-3)22(31-4)13-20(17)16(27)2/h5-9,12-14,16H,10-11H2,1-4H3/t16-/m1/s1. The van der Waals surface area contributed by atoms with E-state index < -0.39 is 0 Å². The Balaban J connectivity index is 1.50. The molecular weight excluding hydrogens is 422 g/mol. The van der Waals surface area contributed by atoms with E-state index in [4.69, 9.17) is 9.47 Å². The van der Waals surface area contributed by atoms with Crippen LogP contribution >= 0.6 is 11.3 Å². The molecule has 164 valence electrons. The average Bonchev–Trinajstić information content (AvgIpc) is 3.39. The van der Waals surface area contributed by atoms with Gasteiger partial charge in [-0.05, 0) is 61.7 Å². The number of para-hydroxylation sites is 1. The van der Waals surface area contributed by atoms with Crippen molar-refractivity contribution >= 4 is 27.5 Å². The highest BCUT2D eigenvalue weighted by molar-refractivity contribution is 7.20. The number of hydrogen-bond acceptors (Lipinski definition) is 5. The van der Waals surface area contributed by atoms with Crippen LogP contribution in [0.4, 0.5) is 0 Å². The van der Waals surface area contributed by atoms with Crippen LogP contribution in [0, 0.1) is 6.92 Å². The van der Waals surface area contributed by atoms with E-state index in [1.54, 1.807) is 14.2 Å². The molecule has 0 N–H and O–H groups in total. The van der Waals surface area contributed by atoms with E-state index in [9.17, 15) is 4.79 Å². The Labute approximate surface area is 191 Å². The quantitative estimate of drug-likeness (QED) is 0.433. The lowest BCUT2D eigenvalue weighted by molar-refractivity contribution is 0.0682. The van der Waals surface area contributed by atoms with E-state index in [1.807, 2.05) is 65.0 Å². The van der Waals surface area contributed by atoms with Crippen LogP contribution in [-0.2, 0) is 6.42 Å². The Kier molecular flexibility index (Phi) is 5.13. The molecule has 2 aromatic heterocycles. The van der Waals surface area contributed by atoms with Crippen LogP contribution in [0.2, 0.25) is 0 Å². The Morgan fingerprint density at radius 2 is 1.81 bits per heavy atom. The van der Waals surface area contributed by atoms with Gasteiger partial charge in [0.2, 0.25) is 0 Å². The first-order chi connectivity index (χ1) is 15.5. The molecule has 0 bridgehead atoms. The number of rotatable bonds is 4. The number of aryl methyl sites for hydroxylation is 1. The molecular formula is C25H25N3O3S. The number of fused-ring (bicyclic) bond motifs is 2. The fourth-order valence-corrected chi connectivity index (χ4v) is 5.60. The van der Waals surface area contributed by atoms with Gasteiger partial charge in [-0.25, -0.2) is 4.68 Å². The van der Waals surface area contributed by atoms with Crippen molar-refractivity contribution in [3.8, 4) is 17.2 Å². The molecule has 32 heavy (non-hydrogen) atoms. The third-order valence-corrected chi connectivity index (χ3v) is 7.30. The van der Waals surface area contributed by atoms with E-state index in [2.05, 4.69) is 12.0 Å². The summed E-state index contributed by atoms with van der Waals surface area (Å²) in [5.74, 6) is 1.47. The monoisotopic (exact) mass is 447 g/mol. The van der Waals surface area contributed by atoms with E-state index in [1.165, 1.54) is 16.9 Å². The molecule has 7 heteroatoms. The Hall–Kier alpha value is -3.32. The molecule has 1 aliphatic rings. The van der Waals surface area contributed by atoms with Crippen molar-refractivity contribution in [1.82, 2.24) is 14.7 Å². The summed E-state index contributed by atoms with van der Waals surface area (Å²) < 4.78 is 12.9. The van der Waals surface area contributed by atoms with Crippen molar-refractivity contribution in [2.75, 3.05) is 20.8 Å². The third-order valence-electron chi connectivity index (χ3n) is 6.20. The summed E-state index contributed by atoms with van der Waals surface area (Å²) in [7, 11) is 3.28. The number of aromatic nitrogens is 2. The van der Waals surface area contributed by atoms with Gasteiger partial charge in [0.15, 0.2) is 11.5 Å². The maximum atomic E-state index is 13.6. The van der Waals surface area contributed by atoms with Gasteiger partial charge in [0.05, 0.1) is 36.5 Å². The number of nitrogens with zero attached hydrogens (tertiary/aromatic N) is 3. The van der Waals surface area contributed by atoms with E-state index >= 15 is 0 Å². The smallest absolute Gasteiger partial charge is 0.264 e. The Morgan fingerprint density at radius 3 is 2.53 bits per heavy atom. The first kappa shape index (κ1) is 20.6. The lowest BCUT2D eigenvalue weighted by atomic mass is 9.92. The highest BCUT2D eigenvalue weighted by Crippen LogP contribution is 2.39. The maximum Gasteiger partial charge on any atom is 0.264 e. The van der Waals surface area contributed by atoms with Crippen LogP contribution in [-0.4, -0.2) is 41.4 Å². The second-order valence-electron chi connectivity index (χ2n) is 7.99. The zero-order valence-corrected chi connectivity index (χ0v) is 19.4. The largest absolute Gasteiger partial charge is 0.493 e. The van der Waals surface area contributed by atoms with E-state index in [-0.39, 0.29) is 11.9 Å². The van der Waals surface area contributed by atoms with Crippen LogP contribution < -0.4 is 9.47 Å². The maximum absolute atomic E-state index is 13.6. The van der Waals surface area contributed by atoms with Crippen molar-refractivity contribution in [1.29, 1.82) is 0 Å². The van der Waals surface area contributed by atoms with Gasteiger partial charge in [0.25, 0.3) is 5.91 Å². The number of carbonyl (C=O) groups excluding carboxylic acids is 1. The van der Waals surface area contributed by atoms with Gasteiger partial charge in [0, 0.05) is 11.9 Å². The topological polar surface area (TPSA) is 56.6 Å². The molecule has 0 radical (unpaired) electrons. The molecule has 0 saturated carbocycles. The number of thiophene rings is 1. The molecule has 0 aliphatic carbocycles. The Bertz CT molecular complexity index is 1310. The molecule has 2 aromatic carbocycles. The molecule has 6 nitrogen and oxygen atoms in total. The summed E-state index contributed by atoms with van der Waals surface area (Å²) in [6, 6.07) is 16.0. The summed E-state index contributed by atoms with van der Waals surface area (Å²) in [4.78, 5) is 17.3. The minimum Gasteiger partial charge on any atom is -0.493 e. The highest BCUT2D eigenvalue weighted by atomic mass is 32.1. The van der Waals surface area contributed by atoms with Crippen molar-refractivity contribution in [3.05, 3.63) is 70.2 Å². The van der Waals surface area contributed by atoms with E-state index in [0.717, 1.165) is 44.2 Å². The van der Waals surface area contributed by atoms with Crippen LogP contribution in [0.25, 0.3) is 15.9 Å². The molecule has 1 atom stereocenters. The average molecular weight is 448 g/mol. The van der Waals surface area contributed by atoms with Gasteiger partial charge in [-0.15, -0.1) is 11.3 Å². The summed E-state index contributed by atoms with van der Waals surface area (Å²) in [6.07, 6.45) is 0.785. The first-order valence-corrected chi connectivity index (χ1v) is 11.4. The molecule has 1 amide bonds. The molecule has 3 heterocycles. The third kappa shape index (κ3) is 3.24. The predicted octanol–water partition coefficient (Wildman–Crippen LogP) is 5.17. The summed E-state index contributed by atoms with van der Waals surface area (Å²) >= 11 is 1.50. The van der Waals surface area contributed by atoms with Crippen molar-refractivity contribution < 1.29 is 14.3 Å². The predicted molar refractivity (Wildman–Crippen MR) is 126 cm³/mol. The fraction of sp³-hybridized carbons (Fsp3) is 0.280. The summed E-state index contributed by atoms with van der Waals surface area (Å²) in [6.45, 7) is 4.73. The van der Waals surface area contributed by atoms with Gasteiger partial charge >= 0.3 is 0 Å². The molecule has 1 aliphatic heterocycles. The molecule has 0 fully saturated rings. The number of carbonyl (C=O) groups is 1. The lowest BCUT2D eigenvalue weighted by Crippen LogP contribution is -2.38. The van der Waals surface area contributed by atoms with Gasteiger partial charge in [-0.1, -0.05) is 18.2 Å². The highest BCUT2D eigenvalue weighted by Gasteiger charge is 2.31. The zero-order chi connectivity index (χ0) is 22.4. The van der Waals surface area contributed by atoms with Crippen LogP contribution in [0.1, 0.15) is 39.5 Å². The molecule has 0 unspecified atom stereocenters. The van der Waals surface area contributed by atoms with E-state index in [0.29, 0.717) is 12.3 Å². The van der Waals surface area contributed by atoms with Crippen LogP contribution in [0.15, 0.2) is 48.5 Å². The fourth-order valence-electron chi connectivity index (χ4n) is 4.46. The lowest BCUT2D eigenvalue weighted by Gasteiger charge is -2.35. The van der Waals surface area contributed by atoms with Crippen LogP contribution in [0.5, 0.6) is 11.5 Å².